The monoisotopic (exact) mass is 432 g/mol. The van der Waals surface area contributed by atoms with Gasteiger partial charge in [0.2, 0.25) is 0 Å². The molecule has 0 bridgehead atoms. The molecular weight excluding hydrogens is 397 g/mol. The van der Waals surface area contributed by atoms with Gasteiger partial charge in [-0.2, -0.15) is 0 Å². The van der Waals surface area contributed by atoms with E-state index in [4.69, 9.17) is 0 Å². The second-order valence-electron chi connectivity index (χ2n) is 8.44. The predicted octanol–water partition coefficient (Wildman–Crippen LogP) is 4.88. The maximum atomic E-state index is 13.6. The molecule has 1 aliphatic heterocycles. The van der Waals surface area contributed by atoms with Crippen molar-refractivity contribution in [1.29, 1.82) is 0 Å². The van der Waals surface area contributed by atoms with E-state index in [1.807, 2.05) is 0 Å². The van der Waals surface area contributed by atoms with Crippen molar-refractivity contribution >= 4 is 11.6 Å². The molecule has 0 spiro atoms. The van der Waals surface area contributed by atoms with Crippen molar-refractivity contribution in [2.45, 2.75) is 78.2 Å². The zero-order chi connectivity index (χ0) is 18.1. The van der Waals surface area contributed by atoms with Gasteiger partial charge in [0.15, 0.2) is 5.54 Å². The number of quaternary nitrogens is 1. The normalized spacial score (nSPS) is 21.1. The summed E-state index contributed by atoms with van der Waals surface area (Å²) in [6.45, 7) is 12.1. The van der Waals surface area contributed by atoms with E-state index in [1.54, 1.807) is 0 Å². The van der Waals surface area contributed by atoms with Gasteiger partial charge in [0, 0.05) is 51.2 Å². The molecule has 0 atom stereocenters. The fraction of sp³-hybridized carbons (Fsp3) is 0.682. The zero-order valence-corrected chi connectivity index (χ0v) is 20.0. The van der Waals surface area contributed by atoms with Gasteiger partial charge in [-0.1, -0.05) is 17.7 Å². The van der Waals surface area contributed by atoms with Crippen LogP contribution in [0.1, 0.15) is 68.6 Å². The molecule has 1 amide bonds. The van der Waals surface area contributed by atoms with Gasteiger partial charge in [-0.3, -0.25) is 4.79 Å². The number of rotatable bonds is 4. The number of amides is 1. The van der Waals surface area contributed by atoms with E-state index in [-0.39, 0.29) is 44.2 Å². The third kappa shape index (κ3) is 3.82. The van der Waals surface area contributed by atoms with Crippen molar-refractivity contribution in [3.8, 4) is 0 Å². The molecule has 3 rings (SSSR count). The first-order valence-electron chi connectivity index (χ1n) is 10.2. The minimum atomic E-state index is -0.192. The molecule has 3 nitrogen and oxygen atoms in total. The smallest absolute Gasteiger partial charge is 0.285 e. The standard InChI is InChI=1S/C22H34N2O.Y/c1-5-24(13-8-6-7-9-14-24)22(11-10-12-22)21(25)23-20-18(3)15-17(2)16-19(20)4;/h15-16H,5-14H2,1-4H3;/p+1. The van der Waals surface area contributed by atoms with Gasteiger partial charge < -0.3 is 9.80 Å². The Bertz CT molecular complexity index is 621. The molecule has 2 aliphatic rings. The van der Waals surface area contributed by atoms with Crippen LogP contribution in [0.5, 0.6) is 0 Å². The average molecular weight is 432 g/mol. The Morgan fingerprint density at radius 3 is 1.96 bits per heavy atom. The number of carbonyl (C=O) groups excluding carboxylic acids is 1. The second kappa shape index (κ2) is 8.84. The van der Waals surface area contributed by atoms with Gasteiger partial charge in [0.25, 0.3) is 5.91 Å². The number of likely N-dealkylation sites (tertiary alicyclic amines) is 1. The summed E-state index contributed by atoms with van der Waals surface area (Å²) in [6.07, 6.45) is 8.49. The van der Waals surface area contributed by atoms with E-state index in [0.29, 0.717) is 0 Å². The Labute approximate surface area is 184 Å². The minimum absolute atomic E-state index is 0. The molecule has 1 saturated heterocycles. The van der Waals surface area contributed by atoms with E-state index >= 15 is 0 Å². The number of aryl methyl sites for hydroxylation is 3. The number of likely N-dealkylation sites (N-methyl/N-ethyl adjacent to an activating group) is 1. The average Bonchev–Trinajstić information content (AvgIpc) is 2.76. The van der Waals surface area contributed by atoms with E-state index in [9.17, 15) is 4.79 Å². The Morgan fingerprint density at radius 2 is 1.54 bits per heavy atom. The number of nitrogens with zero attached hydrogens (tertiary/aromatic N) is 1. The zero-order valence-electron chi connectivity index (χ0n) is 17.2. The number of hydrogen-bond acceptors (Lipinski definition) is 1. The van der Waals surface area contributed by atoms with Gasteiger partial charge in [-0.05, 0) is 70.9 Å². The molecule has 0 aromatic heterocycles. The molecule has 1 aromatic rings. The van der Waals surface area contributed by atoms with Crippen molar-refractivity contribution in [2.75, 3.05) is 25.0 Å². The SMILES string of the molecule is CC[N+]1(C2(C(=O)Nc3c(C)cc(C)cc3C)CCC2)CCCCCC1.[Y]. The molecule has 4 heteroatoms. The van der Waals surface area contributed by atoms with Crippen molar-refractivity contribution in [3.63, 3.8) is 0 Å². The van der Waals surface area contributed by atoms with Crippen molar-refractivity contribution < 1.29 is 42.0 Å². The summed E-state index contributed by atoms with van der Waals surface area (Å²) >= 11 is 0. The number of anilines is 1. The van der Waals surface area contributed by atoms with Gasteiger partial charge in [0.05, 0.1) is 19.6 Å². The Morgan fingerprint density at radius 1 is 1.00 bits per heavy atom. The van der Waals surface area contributed by atoms with Crippen LogP contribution >= 0.6 is 0 Å². The van der Waals surface area contributed by atoms with Gasteiger partial charge in [-0.15, -0.1) is 0 Å². The summed E-state index contributed by atoms with van der Waals surface area (Å²) in [4.78, 5) is 13.6. The van der Waals surface area contributed by atoms with E-state index in [1.165, 1.54) is 61.9 Å². The van der Waals surface area contributed by atoms with Crippen LogP contribution in [0.3, 0.4) is 0 Å². The molecule has 1 heterocycles. The molecule has 2 fully saturated rings. The minimum Gasteiger partial charge on any atom is -0.320 e. The summed E-state index contributed by atoms with van der Waals surface area (Å²) in [5.41, 5.74) is 4.46. The van der Waals surface area contributed by atoms with Gasteiger partial charge in [0.1, 0.15) is 0 Å². The van der Waals surface area contributed by atoms with Gasteiger partial charge >= 0.3 is 0 Å². The third-order valence-corrected chi connectivity index (χ3v) is 6.95. The van der Waals surface area contributed by atoms with Crippen LogP contribution in [0.2, 0.25) is 0 Å². The second-order valence-corrected chi connectivity index (χ2v) is 8.44. The van der Waals surface area contributed by atoms with Crippen molar-refractivity contribution in [3.05, 3.63) is 28.8 Å². The summed E-state index contributed by atoms with van der Waals surface area (Å²) < 4.78 is 1.02. The topological polar surface area (TPSA) is 29.1 Å². The maximum absolute atomic E-state index is 13.6. The van der Waals surface area contributed by atoms with Crippen molar-refractivity contribution in [2.24, 2.45) is 0 Å². The van der Waals surface area contributed by atoms with E-state index in [2.05, 4.69) is 45.1 Å². The first kappa shape index (κ1) is 22.0. The Hall–Kier alpha value is -0.246. The number of nitrogens with one attached hydrogen (secondary N) is 1. The summed E-state index contributed by atoms with van der Waals surface area (Å²) in [6, 6.07) is 4.35. The fourth-order valence-corrected chi connectivity index (χ4v) is 5.38. The Balaban J connectivity index is 0.00000243. The molecule has 1 aliphatic carbocycles. The molecule has 0 unspecified atom stereocenters. The van der Waals surface area contributed by atoms with Gasteiger partial charge in [-0.25, -0.2) is 0 Å². The first-order valence-corrected chi connectivity index (χ1v) is 10.2. The molecule has 141 valence electrons. The summed E-state index contributed by atoms with van der Waals surface area (Å²) in [7, 11) is 0. The maximum Gasteiger partial charge on any atom is 0.285 e. The molecule has 26 heavy (non-hydrogen) atoms. The van der Waals surface area contributed by atoms with Crippen LogP contribution in [0.15, 0.2) is 12.1 Å². The Kier molecular flexibility index (Phi) is 7.49. The molecule has 1 radical (unpaired) electrons. The van der Waals surface area contributed by atoms with Crippen LogP contribution < -0.4 is 5.32 Å². The number of carbonyl (C=O) groups is 1. The van der Waals surface area contributed by atoms with Crippen LogP contribution in [-0.2, 0) is 37.5 Å². The summed E-state index contributed by atoms with van der Waals surface area (Å²) in [5, 5.41) is 3.37. The third-order valence-electron chi connectivity index (χ3n) is 6.95. The summed E-state index contributed by atoms with van der Waals surface area (Å²) in [5.74, 6) is 0.276. The van der Waals surface area contributed by atoms with Crippen LogP contribution in [0.25, 0.3) is 0 Å². The van der Waals surface area contributed by atoms with Crippen LogP contribution in [0, 0.1) is 20.8 Å². The van der Waals surface area contributed by atoms with E-state index in [0.717, 1.165) is 29.6 Å². The van der Waals surface area contributed by atoms with E-state index < -0.39 is 0 Å². The molecule has 1 N–H and O–H groups in total. The predicted molar refractivity (Wildman–Crippen MR) is 105 cm³/mol. The quantitative estimate of drug-likeness (QED) is 0.675. The fourth-order valence-electron chi connectivity index (χ4n) is 5.38. The number of hydrogen-bond donors (Lipinski definition) is 1. The molecular formula is C22H35N2OY+. The van der Waals surface area contributed by atoms with Crippen LogP contribution in [0.4, 0.5) is 5.69 Å². The molecule has 1 saturated carbocycles. The number of benzene rings is 1. The van der Waals surface area contributed by atoms with Crippen molar-refractivity contribution in [1.82, 2.24) is 0 Å². The van der Waals surface area contributed by atoms with Crippen LogP contribution in [-0.4, -0.2) is 35.6 Å². The first-order chi connectivity index (χ1) is 11.9. The largest absolute Gasteiger partial charge is 0.320 e. The molecule has 1 aromatic carbocycles.